The van der Waals surface area contributed by atoms with Crippen molar-refractivity contribution in [3.63, 3.8) is 0 Å². The fourth-order valence-electron chi connectivity index (χ4n) is 3.93. The molecule has 1 saturated carbocycles. The quantitative estimate of drug-likeness (QED) is 0.237. The molecular formula is C21H22ClIN6O5S. The Hall–Kier alpha value is -2.17. The third-order valence-electron chi connectivity index (χ3n) is 5.61. The molecule has 4 N–H and O–H groups in total. The molecule has 1 aliphatic rings. The summed E-state index contributed by atoms with van der Waals surface area (Å²) in [7, 11) is -4.10. The van der Waals surface area contributed by atoms with Crippen molar-refractivity contribution in [2.24, 2.45) is 11.1 Å². The fourth-order valence-corrected chi connectivity index (χ4v) is 5.03. The Bertz CT molecular complexity index is 1340. The number of aliphatic hydroxyl groups is 1. The first-order valence-electron chi connectivity index (χ1n) is 10.5. The molecule has 3 atom stereocenters. The van der Waals surface area contributed by atoms with Gasteiger partial charge in [0, 0.05) is 32.9 Å². The molecule has 0 bridgehead atoms. The molecule has 2 heterocycles. The van der Waals surface area contributed by atoms with Crippen molar-refractivity contribution in [3.05, 3.63) is 68.4 Å². The minimum absolute atomic E-state index is 0.218. The molecule has 0 aliphatic heterocycles. The zero-order valence-corrected chi connectivity index (χ0v) is 21.9. The van der Waals surface area contributed by atoms with E-state index >= 15 is 0 Å². The van der Waals surface area contributed by atoms with Gasteiger partial charge in [0.15, 0.2) is 0 Å². The smallest absolute Gasteiger partial charge is 0.333 e. The Balaban J connectivity index is 1.46. The highest BCUT2D eigenvalue weighted by molar-refractivity contribution is 14.1. The van der Waals surface area contributed by atoms with Crippen LogP contribution in [0.15, 0.2) is 43.0 Å². The average molecular weight is 633 g/mol. The van der Waals surface area contributed by atoms with Gasteiger partial charge in [0.25, 0.3) is 0 Å². The van der Waals surface area contributed by atoms with Crippen molar-refractivity contribution in [1.29, 1.82) is 0 Å². The molecule has 0 spiro atoms. The normalized spacial score (nSPS) is 20.2. The van der Waals surface area contributed by atoms with Crippen LogP contribution in [0, 0.1) is 9.49 Å². The second kappa shape index (κ2) is 10.8. The van der Waals surface area contributed by atoms with Crippen LogP contribution in [0.5, 0.6) is 0 Å². The van der Waals surface area contributed by atoms with E-state index in [0.29, 0.717) is 30.2 Å². The third kappa shape index (κ3) is 6.74. The Morgan fingerprint density at radius 1 is 1.34 bits per heavy atom. The zero-order valence-electron chi connectivity index (χ0n) is 18.2. The lowest BCUT2D eigenvalue weighted by atomic mass is 10.1. The predicted octanol–water partition coefficient (Wildman–Crippen LogP) is 1.98. The van der Waals surface area contributed by atoms with E-state index in [0.717, 1.165) is 9.13 Å². The van der Waals surface area contributed by atoms with Gasteiger partial charge in [0.05, 0.1) is 24.8 Å². The molecule has 1 aliphatic carbocycles. The van der Waals surface area contributed by atoms with Gasteiger partial charge < -0.3 is 10.4 Å². The molecule has 186 valence electrons. The van der Waals surface area contributed by atoms with Gasteiger partial charge in [-0.3, -0.25) is 13.7 Å². The van der Waals surface area contributed by atoms with E-state index < -0.39 is 22.3 Å². The Labute approximate surface area is 220 Å². The number of hydrogen-bond donors (Lipinski definition) is 3. The maximum Gasteiger partial charge on any atom is 0.333 e. The van der Waals surface area contributed by atoms with Gasteiger partial charge in [-0.05, 0) is 65.3 Å². The highest BCUT2D eigenvalue weighted by Gasteiger charge is 2.34. The van der Waals surface area contributed by atoms with E-state index in [2.05, 4.69) is 47.2 Å². The predicted molar refractivity (Wildman–Crippen MR) is 136 cm³/mol. The number of aromatic nitrogens is 4. The number of rotatable bonds is 9. The topological polar surface area (TPSA) is 162 Å². The maximum atomic E-state index is 13.2. The Kier molecular flexibility index (Phi) is 8.02. The number of nitrogens with zero attached hydrogens (tertiary/aromatic N) is 4. The van der Waals surface area contributed by atoms with Gasteiger partial charge in [0.2, 0.25) is 5.78 Å². The number of nitrogens with one attached hydrogen (secondary N) is 1. The van der Waals surface area contributed by atoms with E-state index in [4.69, 9.17) is 16.7 Å². The monoisotopic (exact) mass is 632 g/mol. The Morgan fingerprint density at radius 3 is 2.91 bits per heavy atom. The van der Waals surface area contributed by atoms with Crippen molar-refractivity contribution in [3.8, 4) is 0 Å². The molecule has 0 unspecified atom stereocenters. The summed E-state index contributed by atoms with van der Waals surface area (Å²) < 4.78 is 29.4. The number of benzene rings is 1. The van der Waals surface area contributed by atoms with Gasteiger partial charge in [-0.1, -0.05) is 11.6 Å². The van der Waals surface area contributed by atoms with Crippen molar-refractivity contribution in [2.45, 2.75) is 31.5 Å². The van der Waals surface area contributed by atoms with Crippen molar-refractivity contribution >= 4 is 56.1 Å². The van der Waals surface area contributed by atoms with E-state index in [1.165, 1.54) is 12.5 Å². The second-order valence-corrected chi connectivity index (χ2v) is 11.0. The molecule has 35 heavy (non-hydrogen) atoms. The minimum Gasteiger partial charge on any atom is -0.393 e. The number of anilines is 1. The first-order chi connectivity index (χ1) is 16.6. The second-order valence-electron chi connectivity index (χ2n) is 8.17. The standard InChI is InChI=1S/C21H22ClIN6O5S/c22-17-2-1-14(23)5-12(17)9-29-4-3-18(28-29)20(31)16-8-25-11-26-21(16)27-15-6-13(19(30)7-15)10-34-35(24,32)33/h1-5,8,11,13,15,19,30H,6-7,9-10H2,(H2,24,32,33)(H,25,26,27)/t13-,15-,19+/m1/s1. The number of halogens is 2. The van der Waals surface area contributed by atoms with Crippen LogP contribution in [0.2, 0.25) is 5.02 Å². The van der Waals surface area contributed by atoms with E-state index in [-0.39, 0.29) is 29.7 Å². The summed E-state index contributed by atoms with van der Waals surface area (Å²) in [5.74, 6) is -0.506. The van der Waals surface area contributed by atoms with Gasteiger partial charge in [-0.2, -0.15) is 13.5 Å². The summed E-state index contributed by atoms with van der Waals surface area (Å²) in [6, 6.07) is 7.03. The van der Waals surface area contributed by atoms with Gasteiger partial charge >= 0.3 is 10.3 Å². The first kappa shape index (κ1) is 25.9. The first-order valence-corrected chi connectivity index (χ1v) is 13.5. The SMILES string of the molecule is NS(=O)(=O)OC[C@H]1C[C@@H](Nc2ncncc2C(=O)c2ccn(Cc3cc(I)ccc3Cl)n2)C[C@@H]1O. The lowest BCUT2D eigenvalue weighted by Crippen LogP contribution is -2.24. The molecule has 4 rings (SSSR count). The summed E-state index contributed by atoms with van der Waals surface area (Å²) >= 11 is 8.48. The summed E-state index contributed by atoms with van der Waals surface area (Å²) in [5, 5.41) is 23.3. The van der Waals surface area contributed by atoms with Crippen molar-refractivity contribution < 1.29 is 22.5 Å². The molecule has 1 aromatic carbocycles. The summed E-state index contributed by atoms with van der Waals surface area (Å²) in [4.78, 5) is 21.4. The highest BCUT2D eigenvalue weighted by atomic mass is 127. The summed E-state index contributed by atoms with van der Waals surface area (Å²) in [5.41, 5.74) is 1.33. The van der Waals surface area contributed by atoms with Gasteiger partial charge in [0.1, 0.15) is 17.8 Å². The van der Waals surface area contributed by atoms with E-state index in [1.807, 2.05) is 18.2 Å². The zero-order chi connectivity index (χ0) is 25.2. The van der Waals surface area contributed by atoms with Gasteiger partial charge in [-0.15, -0.1) is 0 Å². The lowest BCUT2D eigenvalue weighted by molar-refractivity contribution is 0.101. The number of carbonyl (C=O) groups excluding carboxylic acids is 1. The van der Waals surface area contributed by atoms with Crippen LogP contribution < -0.4 is 10.5 Å². The number of carbonyl (C=O) groups is 1. The number of hydrogen-bond acceptors (Lipinski definition) is 9. The molecule has 2 aromatic heterocycles. The molecule has 1 fully saturated rings. The summed E-state index contributed by atoms with van der Waals surface area (Å²) in [6.07, 6.45) is 4.34. The Morgan fingerprint density at radius 2 is 2.14 bits per heavy atom. The van der Waals surface area contributed by atoms with Crippen molar-refractivity contribution in [1.82, 2.24) is 19.7 Å². The van der Waals surface area contributed by atoms with Crippen LogP contribution in [0.25, 0.3) is 0 Å². The molecule has 3 aromatic rings. The van der Waals surface area contributed by atoms with Crippen LogP contribution in [0.4, 0.5) is 5.82 Å². The molecular weight excluding hydrogens is 611 g/mol. The number of aliphatic hydroxyl groups excluding tert-OH is 1. The van der Waals surface area contributed by atoms with Gasteiger partial charge in [-0.25, -0.2) is 15.1 Å². The maximum absolute atomic E-state index is 13.2. The average Bonchev–Trinajstić information content (AvgIpc) is 3.40. The molecule has 0 saturated heterocycles. The largest absolute Gasteiger partial charge is 0.393 e. The third-order valence-corrected chi connectivity index (χ3v) is 7.12. The molecule has 14 heteroatoms. The number of ketones is 1. The molecule has 11 nitrogen and oxygen atoms in total. The minimum atomic E-state index is -4.10. The fraction of sp³-hybridized carbons (Fsp3) is 0.333. The molecule has 0 radical (unpaired) electrons. The van der Waals surface area contributed by atoms with Crippen LogP contribution in [-0.2, 0) is 21.0 Å². The van der Waals surface area contributed by atoms with Crippen LogP contribution in [-0.4, -0.2) is 57.8 Å². The number of nitrogens with two attached hydrogens (primary N) is 1. The lowest BCUT2D eigenvalue weighted by Gasteiger charge is -2.15. The van der Waals surface area contributed by atoms with E-state index in [9.17, 15) is 18.3 Å². The summed E-state index contributed by atoms with van der Waals surface area (Å²) in [6.45, 7) is 0.178. The van der Waals surface area contributed by atoms with E-state index in [1.54, 1.807) is 16.9 Å². The van der Waals surface area contributed by atoms with Crippen LogP contribution in [0.1, 0.15) is 34.5 Å². The van der Waals surface area contributed by atoms with Crippen LogP contribution >= 0.6 is 34.2 Å². The van der Waals surface area contributed by atoms with Crippen molar-refractivity contribution in [2.75, 3.05) is 11.9 Å². The molecule has 0 amide bonds. The highest BCUT2D eigenvalue weighted by Crippen LogP contribution is 2.30. The van der Waals surface area contributed by atoms with Crippen LogP contribution in [0.3, 0.4) is 0 Å².